The van der Waals surface area contributed by atoms with Gasteiger partial charge in [-0.2, -0.15) is 0 Å². The summed E-state index contributed by atoms with van der Waals surface area (Å²) >= 11 is 0. The average molecular weight is 269 g/mol. The van der Waals surface area contributed by atoms with Crippen LogP contribution in [0.3, 0.4) is 0 Å². The second-order valence-electron chi connectivity index (χ2n) is 4.38. The van der Waals surface area contributed by atoms with Crippen LogP contribution in [0.1, 0.15) is 13.3 Å². The molecule has 101 valence electrons. The number of sulfonamides is 1. The lowest BCUT2D eigenvalue weighted by Gasteiger charge is -2.24. The van der Waals surface area contributed by atoms with Gasteiger partial charge < -0.3 is 4.90 Å². The summed E-state index contributed by atoms with van der Waals surface area (Å²) in [5.41, 5.74) is 0.623. The summed E-state index contributed by atoms with van der Waals surface area (Å²) in [7, 11) is 0.731. The minimum absolute atomic E-state index is 0.109. The van der Waals surface area contributed by atoms with Crippen molar-refractivity contribution in [3.8, 4) is 0 Å². The van der Waals surface area contributed by atoms with Crippen LogP contribution in [0.15, 0.2) is 24.3 Å². The Bertz CT molecular complexity index is 443. The van der Waals surface area contributed by atoms with Crippen LogP contribution in [0.2, 0.25) is 0 Å². The zero-order valence-electron chi connectivity index (χ0n) is 11.3. The van der Waals surface area contributed by atoms with E-state index in [2.05, 4.69) is 6.07 Å². The summed E-state index contributed by atoms with van der Waals surface area (Å²) in [4.78, 5) is 2.05. The molecule has 0 bridgehead atoms. The molecule has 0 saturated carbocycles. The predicted molar refractivity (Wildman–Crippen MR) is 75.3 cm³/mol. The molecule has 0 atom stereocenters. The lowest BCUT2D eigenvalue weighted by atomic mass is 10.3. The molecule has 1 radical (unpaired) electrons. The van der Waals surface area contributed by atoms with E-state index in [4.69, 9.17) is 0 Å². The predicted octanol–water partition coefficient (Wildman–Crippen LogP) is 1.59. The van der Waals surface area contributed by atoms with Crippen molar-refractivity contribution in [2.24, 2.45) is 0 Å². The van der Waals surface area contributed by atoms with Gasteiger partial charge >= 0.3 is 0 Å². The van der Waals surface area contributed by atoms with Crippen molar-refractivity contribution in [3.05, 3.63) is 30.3 Å². The molecule has 0 aliphatic rings. The fraction of sp³-hybridized carbons (Fsp3) is 0.538. The van der Waals surface area contributed by atoms with Gasteiger partial charge in [0.25, 0.3) is 0 Å². The maximum Gasteiger partial charge on any atom is 0.234 e. The SMILES string of the molecule is CCS(=O)(=O)N(CCCN(C)C)c1[c]cccc1. The van der Waals surface area contributed by atoms with Gasteiger partial charge in [-0.25, -0.2) is 8.42 Å². The van der Waals surface area contributed by atoms with Crippen LogP contribution in [-0.2, 0) is 10.0 Å². The number of rotatable bonds is 7. The fourth-order valence-electron chi connectivity index (χ4n) is 1.63. The maximum atomic E-state index is 12.1. The van der Waals surface area contributed by atoms with Crippen molar-refractivity contribution in [1.82, 2.24) is 4.90 Å². The van der Waals surface area contributed by atoms with Crippen molar-refractivity contribution in [3.63, 3.8) is 0 Å². The van der Waals surface area contributed by atoms with E-state index in [1.807, 2.05) is 31.1 Å². The molecule has 0 aliphatic carbocycles. The van der Waals surface area contributed by atoms with Crippen LogP contribution < -0.4 is 4.31 Å². The molecule has 5 heteroatoms. The Morgan fingerprint density at radius 3 is 2.44 bits per heavy atom. The first-order valence-corrected chi connectivity index (χ1v) is 7.70. The molecule has 1 aromatic carbocycles. The first kappa shape index (κ1) is 15.0. The normalized spacial score (nSPS) is 11.8. The first-order chi connectivity index (χ1) is 8.47. The molecule has 1 aromatic rings. The van der Waals surface area contributed by atoms with Gasteiger partial charge in [0.2, 0.25) is 10.0 Å². The molecule has 0 N–H and O–H groups in total. The van der Waals surface area contributed by atoms with Crippen molar-refractivity contribution in [1.29, 1.82) is 0 Å². The molecular formula is C13H21N2O2S. The minimum Gasteiger partial charge on any atom is -0.309 e. The Hall–Kier alpha value is -1.07. The molecule has 18 heavy (non-hydrogen) atoms. The minimum atomic E-state index is -3.23. The van der Waals surface area contributed by atoms with Crippen LogP contribution >= 0.6 is 0 Å². The van der Waals surface area contributed by atoms with Crippen molar-refractivity contribution < 1.29 is 8.42 Å². The Kier molecular flexibility index (Phi) is 5.62. The molecule has 0 unspecified atom stereocenters. The molecule has 0 aromatic heterocycles. The van der Waals surface area contributed by atoms with Crippen LogP contribution in [0.4, 0.5) is 5.69 Å². The number of benzene rings is 1. The zero-order chi connectivity index (χ0) is 13.6. The number of hydrogen-bond donors (Lipinski definition) is 0. The summed E-state index contributed by atoms with van der Waals surface area (Å²) in [6, 6.07) is 10.2. The van der Waals surface area contributed by atoms with Gasteiger partial charge in [-0.15, -0.1) is 0 Å². The Balaban J connectivity index is 2.84. The molecule has 4 nitrogen and oxygen atoms in total. The third-order valence-electron chi connectivity index (χ3n) is 2.63. The van der Waals surface area contributed by atoms with Crippen molar-refractivity contribution in [2.45, 2.75) is 13.3 Å². The van der Waals surface area contributed by atoms with E-state index < -0.39 is 10.0 Å². The summed E-state index contributed by atoms with van der Waals surface area (Å²) in [5, 5.41) is 0. The zero-order valence-corrected chi connectivity index (χ0v) is 12.1. The van der Waals surface area contributed by atoms with Crippen molar-refractivity contribution in [2.75, 3.05) is 37.2 Å². The highest BCUT2D eigenvalue weighted by atomic mass is 32.2. The standard InChI is InChI=1S/C13H21N2O2S/c1-4-18(16,17)15(12-8-11-14(2)3)13-9-6-5-7-10-13/h5-7,9H,4,8,11-12H2,1-3H3. The fourth-order valence-corrected chi connectivity index (χ4v) is 2.77. The Morgan fingerprint density at radius 1 is 1.22 bits per heavy atom. The number of anilines is 1. The molecule has 0 fully saturated rings. The van der Waals surface area contributed by atoms with Crippen LogP contribution in [0.25, 0.3) is 0 Å². The monoisotopic (exact) mass is 269 g/mol. The van der Waals surface area contributed by atoms with Gasteiger partial charge in [-0.05, 0) is 40.1 Å². The molecular weight excluding hydrogens is 248 g/mol. The number of nitrogens with zero attached hydrogens (tertiary/aromatic N) is 2. The maximum absolute atomic E-state index is 12.1. The van der Waals surface area contributed by atoms with Gasteiger partial charge in [-0.3, -0.25) is 4.31 Å². The van der Waals surface area contributed by atoms with E-state index in [0.717, 1.165) is 13.0 Å². The van der Waals surface area contributed by atoms with Crippen LogP contribution in [-0.4, -0.2) is 46.3 Å². The quantitative estimate of drug-likeness (QED) is 0.755. The van der Waals surface area contributed by atoms with Gasteiger partial charge in [-0.1, -0.05) is 18.2 Å². The molecule has 0 heterocycles. The van der Waals surface area contributed by atoms with Crippen LogP contribution in [0.5, 0.6) is 0 Å². The smallest absolute Gasteiger partial charge is 0.234 e. The highest BCUT2D eigenvalue weighted by Gasteiger charge is 2.19. The Labute approximate surface area is 110 Å². The lowest BCUT2D eigenvalue weighted by molar-refractivity contribution is 0.403. The third kappa shape index (κ3) is 4.31. The van der Waals surface area contributed by atoms with Gasteiger partial charge in [0.05, 0.1) is 11.4 Å². The van der Waals surface area contributed by atoms with E-state index >= 15 is 0 Å². The molecule has 0 aliphatic heterocycles. The van der Waals surface area contributed by atoms with Gasteiger partial charge in [0, 0.05) is 12.6 Å². The molecule has 1 rings (SSSR count). The largest absolute Gasteiger partial charge is 0.309 e. The summed E-state index contributed by atoms with van der Waals surface area (Å²) < 4.78 is 25.6. The third-order valence-corrected chi connectivity index (χ3v) is 4.41. The van der Waals surface area contributed by atoms with Crippen LogP contribution in [0, 0.1) is 6.07 Å². The van der Waals surface area contributed by atoms with Gasteiger partial charge in [0.1, 0.15) is 0 Å². The van der Waals surface area contributed by atoms with E-state index in [0.29, 0.717) is 12.2 Å². The summed E-state index contributed by atoms with van der Waals surface area (Å²) in [6.07, 6.45) is 0.801. The van der Waals surface area contributed by atoms with Gasteiger partial charge in [0.15, 0.2) is 0 Å². The Morgan fingerprint density at radius 2 is 1.94 bits per heavy atom. The van der Waals surface area contributed by atoms with Crippen molar-refractivity contribution >= 4 is 15.7 Å². The molecule has 0 amide bonds. The van der Waals surface area contributed by atoms with E-state index in [1.165, 1.54) is 4.31 Å². The van der Waals surface area contributed by atoms with E-state index in [1.54, 1.807) is 19.1 Å². The second kappa shape index (κ2) is 6.75. The molecule has 0 saturated heterocycles. The average Bonchev–Trinajstić information content (AvgIpc) is 2.35. The highest BCUT2D eigenvalue weighted by Crippen LogP contribution is 2.17. The summed E-state index contributed by atoms with van der Waals surface area (Å²) in [5.74, 6) is 0.109. The molecule has 0 spiro atoms. The van der Waals surface area contributed by atoms with E-state index in [-0.39, 0.29) is 5.75 Å². The summed E-state index contributed by atoms with van der Waals surface area (Å²) in [6.45, 7) is 3.02. The van der Waals surface area contributed by atoms with E-state index in [9.17, 15) is 8.42 Å². The first-order valence-electron chi connectivity index (χ1n) is 6.09. The lowest BCUT2D eigenvalue weighted by Crippen LogP contribution is -2.34. The number of para-hydroxylation sites is 1. The number of hydrogen-bond acceptors (Lipinski definition) is 3. The highest BCUT2D eigenvalue weighted by molar-refractivity contribution is 7.92. The topological polar surface area (TPSA) is 40.6 Å². The second-order valence-corrected chi connectivity index (χ2v) is 6.56.